The van der Waals surface area contributed by atoms with Gasteiger partial charge in [0.25, 0.3) is 0 Å². The summed E-state index contributed by atoms with van der Waals surface area (Å²) >= 11 is 7.45. The molecule has 0 bridgehead atoms. The van der Waals surface area contributed by atoms with Gasteiger partial charge in [-0.3, -0.25) is 0 Å². The van der Waals surface area contributed by atoms with Gasteiger partial charge in [-0.2, -0.15) is 0 Å². The van der Waals surface area contributed by atoms with Crippen LogP contribution in [-0.4, -0.2) is 16.0 Å². The van der Waals surface area contributed by atoms with Gasteiger partial charge >= 0.3 is 0 Å². The Morgan fingerprint density at radius 2 is 2.05 bits per heavy atom. The summed E-state index contributed by atoms with van der Waals surface area (Å²) in [5.41, 5.74) is 8.39. The van der Waals surface area contributed by atoms with Crippen LogP contribution in [0.25, 0.3) is 0 Å². The molecule has 0 fully saturated rings. The largest absolute Gasteiger partial charge is 0.409 e. The number of hydrogen-bond acceptors (Lipinski definition) is 4. The van der Waals surface area contributed by atoms with Crippen LogP contribution < -0.4 is 5.73 Å². The number of benzene rings is 1. The first-order chi connectivity index (χ1) is 9.49. The van der Waals surface area contributed by atoms with Gasteiger partial charge in [0.2, 0.25) is 0 Å². The molecule has 0 atom stereocenters. The van der Waals surface area contributed by atoms with Crippen LogP contribution in [0.1, 0.15) is 16.8 Å². The fourth-order valence-corrected chi connectivity index (χ4v) is 3.18. The van der Waals surface area contributed by atoms with Gasteiger partial charge in [0.1, 0.15) is 5.03 Å². The van der Waals surface area contributed by atoms with E-state index in [1.165, 1.54) is 11.8 Å². The summed E-state index contributed by atoms with van der Waals surface area (Å²) in [4.78, 5) is 5.26. The number of amidine groups is 1. The fraction of sp³-hybridized carbons (Fsp3) is 0.143. The zero-order chi connectivity index (χ0) is 14.7. The number of pyridine rings is 1. The van der Waals surface area contributed by atoms with E-state index in [0.29, 0.717) is 10.6 Å². The van der Waals surface area contributed by atoms with Crippen molar-refractivity contribution in [1.82, 2.24) is 4.98 Å². The van der Waals surface area contributed by atoms with Crippen LogP contribution in [0, 0.1) is 13.8 Å². The molecule has 3 N–H and O–H groups in total. The van der Waals surface area contributed by atoms with E-state index in [4.69, 9.17) is 22.5 Å². The van der Waals surface area contributed by atoms with Gasteiger partial charge in [-0.15, -0.1) is 0 Å². The van der Waals surface area contributed by atoms with Gasteiger partial charge in [0.15, 0.2) is 5.84 Å². The second-order valence-electron chi connectivity index (χ2n) is 4.35. The molecule has 0 aliphatic heterocycles. The highest BCUT2D eigenvalue weighted by molar-refractivity contribution is 7.99. The third-order valence-corrected chi connectivity index (χ3v) is 3.83. The average molecular weight is 308 g/mol. The summed E-state index contributed by atoms with van der Waals surface area (Å²) in [5, 5.41) is 13.3. The highest BCUT2D eigenvalue weighted by Crippen LogP contribution is 2.32. The first kappa shape index (κ1) is 14.7. The third-order valence-electron chi connectivity index (χ3n) is 2.62. The van der Waals surface area contributed by atoms with E-state index in [2.05, 4.69) is 10.1 Å². The van der Waals surface area contributed by atoms with Crippen LogP contribution in [0.3, 0.4) is 0 Å². The van der Waals surface area contributed by atoms with Gasteiger partial charge in [-0.25, -0.2) is 4.98 Å². The van der Waals surface area contributed by atoms with Crippen molar-refractivity contribution >= 4 is 29.2 Å². The van der Waals surface area contributed by atoms with E-state index in [1.807, 2.05) is 26.0 Å². The van der Waals surface area contributed by atoms with E-state index >= 15 is 0 Å². The number of nitrogens with zero attached hydrogens (tertiary/aromatic N) is 2. The van der Waals surface area contributed by atoms with Crippen LogP contribution >= 0.6 is 23.4 Å². The molecule has 0 radical (unpaired) electrons. The van der Waals surface area contributed by atoms with Gasteiger partial charge in [0, 0.05) is 21.2 Å². The quantitative estimate of drug-likeness (QED) is 0.393. The SMILES string of the molecule is Cc1cc(C)nc(Sc2cc(Cl)ccc2/C(N)=N/O)c1. The van der Waals surface area contributed by atoms with E-state index < -0.39 is 0 Å². The summed E-state index contributed by atoms with van der Waals surface area (Å²) in [6.07, 6.45) is 0. The molecule has 2 rings (SSSR count). The Bertz CT molecular complexity index is 653. The first-order valence-corrected chi connectivity index (χ1v) is 7.09. The Labute approximate surface area is 126 Å². The first-order valence-electron chi connectivity index (χ1n) is 5.90. The molecule has 1 aromatic heterocycles. The van der Waals surface area contributed by atoms with Crippen molar-refractivity contribution in [1.29, 1.82) is 0 Å². The standard InChI is InChI=1S/C14H14ClN3OS/c1-8-5-9(2)17-13(6-8)20-12-7-10(15)3-4-11(12)14(16)18-19/h3-7,19H,1-2H3,(H2,16,18). The Morgan fingerprint density at radius 3 is 2.70 bits per heavy atom. The molecule has 0 saturated heterocycles. The molecular formula is C14H14ClN3OS. The molecule has 2 aromatic rings. The highest BCUT2D eigenvalue weighted by Gasteiger charge is 2.10. The van der Waals surface area contributed by atoms with Gasteiger partial charge in [-0.1, -0.05) is 28.5 Å². The van der Waals surface area contributed by atoms with Gasteiger partial charge in [-0.05, 0) is 49.7 Å². The predicted molar refractivity (Wildman–Crippen MR) is 81.8 cm³/mol. The fourth-order valence-electron chi connectivity index (χ4n) is 1.82. The van der Waals surface area contributed by atoms with Crippen LogP contribution in [0.5, 0.6) is 0 Å². The third kappa shape index (κ3) is 3.43. The molecule has 0 amide bonds. The Balaban J connectivity index is 2.44. The molecule has 104 valence electrons. The number of aryl methyl sites for hydroxylation is 2. The van der Waals surface area contributed by atoms with E-state index in [-0.39, 0.29) is 5.84 Å². The summed E-state index contributed by atoms with van der Waals surface area (Å²) in [6, 6.07) is 9.19. The zero-order valence-corrected chi connectivity index (χ0v) is 12.7. The molecule has 6 heteroatoms. The van der Waals surface area contributed by atoms with E-state index in [1.54, 1.807) is 18.2 Å². The van der Waals surface area contributed by atoms with E-state index in [9.17, 15) is 0 Å². The number of halogens is 1. The van der Waals surface area contributed by atoms with Crippen molar-refractivity contribution in [2.45, 2.75) is 23.8 Å². The van der Waals surface area contributed by atoms with Crippen LogP contribution in [-0.2, 0) is 0 Å². The van der Waals surface area contributed by atoms with Crippen LogP contribution in [0.4, 0.5) is 0 Å². The zero-order valence-electron chi connectivity index (χ0n) is 11.1. The van der Waals surface area contributed by atoms with Crippen molar-refractivity contribution in [3.05, 3.63) is 52.2 Å². The lowest BCUT2D eigenvalue weighted by molar-refractivity contribution is 0.318. The number of rotatable bonds is 3. The lowest BCUT2D eigenvalue weighted by Crippen LogP contribution is -2.14. The average Bonchev–Trinajstić information content (AvgIpc) is 2.37. The highest BCUT2D eigenvalue weighted by atomic mass is 35.5. The van der Waals surface area contributed by atoms with E-state index in [0.717, 1.165) is 21.2 Å². The number of hydrogen-bond donors (Lipinski definition) is 2. The summed E-state index contributed by atoms with van der Waals surface area (Å²) in [7, 11) is 0. The molecule has 0 saturated carbocycles. The minimum absolute atomic E-state index is 0.0496. The monoisotopic (exact) mass is 307 g/mol. The minimum atomic E-state index is 0.0496. The van der Waals surface area contributed by atoms with Gasteiger partial charge < -0.3 is 10.9 Å². The molecule has 4 nitrogen and oxygen atoms in total. The molecular weight excluding hydrogens is 294 g/mol. The molecule has 0 unspecified atom stereocenters. The van der Waals surface area contributed by atoms with Crippen LogP contribution in [0.2, 0.25) is 5.02 Å². The maximum atomic E-state index is 8.84. The second kappa shape index (κ2) is 6.15. The lowest BCUT2D eigenvalue weighted by Gasteiger charge is -2.09. The number of aromatic nitrogens is 1. The van der Waals surface area contributed by atoms with Crippen molar-refractivity contribution in [2.75, 3.05) is 0 Å². The van der Waals surface area contributed by atoms with Crippen molar-refractivity contribution in [2.24, 2.45) is 10.9 Å². The Morgan fingerprint density at radius 1 is 1.30 bits per heavy atom. The molecule has 1 aromatic carbocycles. The van der Waals surface area contributed by atoms with Crippen molar-refractivity contribution in [3.8, 4) is 0 Å². The predicted octanol–water partition coefficient (Wildman–Crippen LogP) is 3.60. The van der Waals surface area contributed by atoms with Crippen LogP contribution in [0.15, 0.2) is 45.4 Å². The molecule has 20 heavy (non-hydrogen) atoms. The minimum Gasteiger partial charge on any atom is -0.409 e. The summed E-state index contributed by atoms with van der Waals surface area (Å²) in [6.45, 7) is 3.96. The number of nitrogens with two attached hydrogens (primary N) is 1. The lowest BCUT2D eigenvalue weighted by atomic mass is 10.2. The summed E-state index contributed by atoms with van der Waals surface area (Å²) < 4.78 is 0. The topological polar surface area (TPSA) is 71.5 Å². The molecule has 0 spiro atoms. The Kier molecular flexibility index (Phi) is 4.52. The normalized spacial score (nSPS) is 11.7. The van der Waals surface area contributed by atoms with Crippen molar-refractivity contribution < 1.29 is 5.21 Å². The molecule has 0 aliphatic carbocycles. The maximum Gasteiger partial charge on any atom is 0.171 e. The molecule has 0 aliphatic rings. The van der Waals surface area contributed by atoms with Gasteiger partial charge in [0.05, 0.1) is 0 Å². The number of oxime groups is 1. The maximum absolute atomic E-state index is 8.84. The smallest absolute Gasteiger partial charge is 0.171 e. The Hall–Kier alpha value is -1.72. The molecule has 1 heterocycles. The van der Waals surface area contributed by atoms with Crippen molar-refractivity contribution in [3.63, 3.8) is 0 Å². The second-order valence-corrected chi connectivity index (χ2v) is 5.85. The summed E-state index contributed by atoms with van der Waals surface area (Å²) in [5.74, 6) is 0.0496.